The zero-order valence-electron chi connectivity index (χ0n) is 14.9. The molecule has 0 atom stereocenters. The summed E-state index contributed by atoms with van der Waals surface area (Å²) in [4.78, 5) is 36.3. The number of carbonyl (C=O) groups excluding carboxylic acids is 2. The maximum Gasteiger partial charge on any atom is 0.267 e. The topological polar surface area (TPSA) is 107 Å². The van der Waals surface area contributed by atoms with E-state index in [1.807, 2.05) is 30.3 Å². The van der Waals surface area contributed by atoms with Crippen molar-refractivity contribution < 1.29 is 9.59 Å². The molecule has 0 aliphatic carbocycles. The SMILES string of the molecule is NC(=O)CSc1ccccc1NC(=O)Cn1nc(-c2ccccc2)ccc1=O. The molecule has 8 heteroatoms. The van der Waals surface area contributed by atoms with E-state index in [0.717, 1.165) is 10.2 Å². The number of primary amides is 1. The van der Waals surface area contributed by atoms with Crippen LogP contribution in [0.1, 0.15) is 0 Å². The van der Waals surface area contributed by atoms with E-state index in [4.69, 9.17) is 5.73 Å². The summed E-state index contributed by atoms with van der Waals surface area (Å²) in [7, 11) is 0. The Morgan fingerprint density at radius 3 is 2.46 bits per heavy atom. The molecule has 0 aliphatic rings. The number of rotatable bonds is 7. The van der Waals surface area contributed by atoms with E-state index >= 15 is 0 Å². The fourth-order valence-corrected chi connectivity index (χ4v) is 3.24. The first-order valence-corrected chi connectivity index (χ1v) is 9.45. The van der Waals surface area contributed by atoms with Gasteiger partial charge in [0.05, 0.1) is 17.1 Å². The quantitative estimate of drug-likeness (QED) is 0.597. The second-order valence-corrected chi connectivity index (χ2v) is 6.90. The minimum atomic E-state index is -0.445. The smallest absolute Gasteiger partial charge is 0.267 e. The minimum absolute atomic E-state index is 0.104. The lowest BCUT2D eigenvalue weighted by Crippen LogP contribution is -2.29. The molecule has 3 rings (SSSR count). The Morgan fingerprint density at radius 1 is 1.00 bits per heavy atom. The van der Waals surface area contributed by atoms with Crippen LogP contribution in [0.15, 0.2) is 76.4 Å². The van der Waals surface area contributed by atoms with Crippen molar-refractivity contribution in [1.29, 1.82) is 0 Å². The van der Waals surface area contributed by atoms with Crippen LogP contribution < -0.4 is 16.6 Å². The summed E-state index contributed by atoms with van der Waals surface area (Å²) in [6.07, 6.45) is 0. The summed E-state index contributed by atoms with van der Waals surface area (Å²) < 4.78 is 1.12. The van der Waals surface area contributed by atoms with Gasteiger partial charge < -0.3 is 11.1 Å². The number of amides is 2. The standard InChI is InChI=1S/C20H18N4O3S/c21-18(25)13-28-17-9-5-4-8-16(17)22-19(26)12-24-20(27)11-10-15(23-24)14-6-2-1-3-7-14/h1-11H,12-13H2,(H2,21,25)(H,22,26). The highest BCUT2D eigenvalue weighted by atomic mass is 32.2. The number of nitrogens with two attached hydrogens (primary N) is 1. The van der Waals surface area contributed by atoms with Gasteiger partial charge in [0, 0.05) is 16.5 Å². The summed E-state index contributed by atoms with van der Waals surface area (Å²) in [6.45, 7) is -0.228. The Kier molecular flexibility index (Phi) is 6.23. The summed E-state index contributed by atoms with van der Waals surface area (Å²) in [6, 6.07) is 19.5. The zero-order chi connectivity index (χ0) is 19.9. The molecule has 0 fully saturated rings. The highest BCUT2D eigenvalue weighted by Gasteiger charge is 2.11. The van der Waals surface area contributed by atoms with Crippen LogP contribution >= 0.6 is 11.8 Å². The van der Waals surface area contributed by atoms with Crippen molar-refractivity contribution in [3.63, 3.8) is 0 Å². The van der Waals surface area contributed by atoms with E-state index in [-0.39, 0.29) is 17.9 Å². The van der Waals surface area contributed by atoms with Gasteiger partial charge in [0.25, 0.3) is 5.56 Å². The van der Waals surface area contributed by atoms with Gasteiger partial charge in [0.15, 0.2) is 0 Å². The lowest BCUT2D eigenvalue weighted by molar-refractivity contribution is -0.117. The molecule has 1 heterocycles. The molecule has 3 aromatic rings. The van der Waals surface area contributed by atoms with Gasteiger partial charge in [-0.05, 0) is 18.2 Å². The van der Waals surface area contributed by atoms with Crippen LogP contribution in [0.3, 0.4) is 0 Å². The van der Waals surface area contributed by atoms with Crippen molar-refractivity contribution >= 4 is 29.3 Å². The molecule has 0 aliphatic heterocycles. The van der Waals surface area contributed by atoms with Gasteiger partial charge in [-0.15, -0.1) is 11.8 Å². The predicted octanol–water partition coefficient (Wildman–Crippen LogP) is 2.13. The van der Waals surface area contributed by atoms with Crippen LogP contribution in [0.25, 0.3) is 11.3 Å². The number of anilines is 1. The van der Waals surface area contributed by atoms with E-state index in [1.165, 1.54) is 17.8 Å². The van der Waals surface area contributed by atoms with E-state index in [0.29, 0.717) is 16.3 Å². The van der Waals surface area contributed by atoms with E-state index in [9.17, 15) is 14.4 Å². The minimum Gasteiger partial charge on any atom is -0.369 e. The average Bonchev–Trinajstić information content (AvgIpc) is 2.69. The van der Waals surface area contributed by atoms with Gasteiger partial charge in [-0.25, -0.2) is 4.68 Å². The molecule has 2 aromatic carbocycles. The fourth-order valence-electron chi connectivity index (χ4n) is 2.50. The molecule has 0 unspecified atom stereocenters. The van der Waals surface area contributed by atoms with E-state index in [1.54, 1.807) is 30.3 Å². The van der Waals surface area contributed by atoms with Crippen molar-refractivity contribution in [2.24, 2.45) is 5.73 Å². The van der Waals surface area contributed by atoms with Crippen LogP contribution in [0.4, 0.5) is 5.69 Å². The molecular weight excluding hydrogens is 376 g/mol. The van der Waals surface area contributed by atoms with Gasteiger partial charge in [0.1, 0.15) is 6.54 Å². The van der Waals surface area contributed by atoms with Gasteiger partial charge in [-0.2, -0.15) is 5.10 Å². The molecule has 0 radical (unpaired) electrons. The van der Waals surface area contributed by atoms with Crippen molar-refractivity contribution in [3.8, 4) is 11.3 Å². The second-order valence-electron chi connectivity index (χ2n) is 5.88. The zero-order valence-corrected chi connectivity index (χ0v) is 15.7. The Hall–Kier alpha value is -3.39. The van der Waals surface area contributed by atoms with Crippen LogP contribution in [0.2, 0.25) is 0 Å². The first-order chi connectivity index (χ1) is 13.5. The highest BCUT2D eigenvalue weighted by molar-refractivity contribution is 8.00. The van der Waals surface area contributed by atoms with Crippen molar-refractivity contribution in [2.75, 3.05) is 11.1 Å². The van der Waals surface area contributed by atoms with Crippen molar-refractivity contribution in [1.82, 2.24) is 9.78 Å². The third kappa shape index (κ3) is 5.08. The Bertz CT molecular complexity index is 1050. The van der Waals surface area contributed by atoms with Gasteiger partial charge >= 0.3 is 0 Å². The lowest BCUT2D eigenvalue weighted by Gasteiger charge is -2.11. The number of benzene rings is 2. The van der Waals surface area contributed by atoms with E-state index < -0.39 is 11.8 Å². The van der Waals surface area contributed by atoms with Crippen molar-refractivity contribution in [2.45, 2.75) is 11.4 Å². The summed E-state index contributed by atoms with van der Waals surface area (Å²) >= 11 is 1.23. The van der Waals surface area contributed by atoms with Crippen LogP contribution in [-0.4, -0.2) is 27.3 Å². The molecule has 2 amide bonds. The number of aromatic nitrogens is 2. The maximum atomic E-state index is 12.5. The third-order valence-electron chi connectivity index (χ3n) is 3.76. The lowest BCUT2D eigenvalue weighted by atomic mass is 10.1. The average molecular weight is 394 g/mol. The summed E-state index contributed by atoms with van der Waals surface area (Å²) in [5, 5.41) is 7.04. The number of carbonyl (C=O) groups is 2. The van der Waals surface area contributed by atoms with Crippen LogP contribution in [0, 0.1) is 0 Å². The molecule has 7 nitrogen and oxygen atoms in total. The maximum absolute atomic E-state index is 12.5. The summed E-state index contributed by atoms with van der Waals surface area (Å²) in [5.41, 5.74) is 6.81. The number of thioether (sulfide) groups is 1. The largest absolute Gasteiger partial charge is 0.369 e. The number of nitrogens with one attached hydrogen (secondary N) is 1. The molecule has 28 heavy (non-hydrogen) atoms. The van der Waals surface area contributed by atoms with Crippen LogP contribution in [0.5, 0.6) is 0 Å². The Morgan fingerprint density at radius 2 is 1.71 bits per heavy atom. The highest BCUT2D eigenvalue weighted by Crippen LogP contribution is 2.26. The van der Waals surface area contributed by atoms with Gasteiger partial charge in [0.2, 0.25) is 11.8 Å². The molecular formula is C20H18N4O3S. The monoisotopic (exact) mass is 394 g/mol. The Labute approximate surface area is 165 Å². The van der Waals surface area contributed by atoms with Gasteiger partial charge in [-0.1, -0.05) is 42.5 Å². The Balaban J connectivity index is 1.76. The molecule has 0 bridgehead atoms. The van der Waals surface area contributed by atoms with E-state index in [2.05, 4.69) is 10.4 Å². The van der Waals surface area contributed by atoms with Gasteiger partial charge in [-0.3, -0.25) is 14.4 Å². The first kappa shape index (κ1) is 19.4. The third-order valence-corrected chi connectivity index (χ3v) is 4.86. The normalized spacial score (nSPS) is 10.4. The molecule has 0 spiro atoms. The summed E-state index contributed by atoms with van der Waals surface area (Å²) in [5.74, 6) is -0.737. The first-order valence-electron chi connectivity index (χ1n) is 8.46. The number of nitrogens with zero attached hydrogens (tertiary/aromatic N) is 2. The molecule has 1 aromatic heterocycles. The van der Waals surface area contributed by atoms with Crippen molar-refractivity contribution in [3.05, 3.63) is 77.1 Å². The number of para-hydroxylation sites is 1. The molecule has 142 valence electrons. The number of hydrogen-bond acceptors (Lipinski definition) is 5. The second kappa shape index (κ2) is 9.01. The number of hydrogen-bond donors (Lipinski definition) is 2. The molecule has 3 N–H and O–H groups in total. The molecule has 0 saturated heterocycles. The van der Waals surface area contributed by atoms with Crippen LogP contribution in [-0.2, 0) is 16.1 Å². The fraction of sp³-hybridized carbons (Fsp3) is 0.100. The molecule has 0 saturated carbocycles. The predicted molar refractivity (Wildman–Crippen MR) is 109 cm³/mol.